The number of benzene rings is 1. The first-order valence-corrected chi connectivity index (χ1v) is 11.0. The average Bonchev–Trinajstić information content (AvgIpc) is 3.22. The highest BCUT2D eigenvalue weighted by molar-refractivity contribution is 8.02. The Kier molecular flexibility index (Phi) is 8.62. The molecule has 27 heavy (non-hydrogen) atoms. The number of allylic oxidation sites excluding steroid dienone is 1. The zero-order valence-electron chi connectivity index (χ0n) is 16.7. The SMILES string of the molecule is C/C(=C\c1cccc(NSc2cccs2)c1C(C)C)c1ccccn1.CC. The molecule has 0 aliphatic heterocycles. The molecule has 0 radical (unpaired) electrons. The van der Waals surface area contributed by atoms with Crippen molar-refractivity contribution in [1.82, 2.24) is 4.98 Å². The molecule has 0 spiro atoms. The lowest BCUT2D eigenvalue weighted by Gasteiger charge is -2.17. The van der Waals surface area contributed by atoms with Gasteiger partial charge in [-0.25, -0.2) is 0 Å². The molecular weight excluding hydrogens is 368 g/mol. The van der Waals surface area contributed by atoms with Crippen LogP contribution >= 0.6 is 23.3 Å². The highest BCUT2D eigenvalue weighted by Crippen LogP contribution is 2.34. The van der Waals surface area contributed by atoms with Crippen LogP contribution in [-0.4, -0.2) is 4.98 Å². The number of rotatable bonds is 6. The molecule has 0 aliphatic carbocycles. The molecule has 0 bridgehead atoms. The Hall–Kier alpha value is -2.04. The zero-order valence-corrected chi connectivity index (χ0v) is 18.3. The molecule has 0 saturated heterocycles. The van der Waals surface area contributed by atoms with Gasteiger partial charge >= 0.3 is 0 Å². The Balaban J connectivity index is 0.00000126. The first kappa shape index (κ1) is 21.3. The zero-order chi connectivity index (χ0) is 19.6. The first-order chi connectivity index (χ1) is 13.1. The van der Waals surface area contributed by atoms with Crippen molar-refractivity contribution < 1.29 is 0 Å². The smallest absolute Gasteiger partial charge is 0.0807 e. The molecule has 0 aliphatic rings. The van der Waals surface area contributed by atoms with Crippen molar-refractivity contribution in [3.05, 3.63) is 76.9 Å². The predicted octanol–water partition coefficient (Wildman–Crippen LogP) is 7.97. The maximum absolute atomic E-state index is 4.46. The Labute approximate surface area is 171 Å². The van der Waals surface area contributed by atoms with Gasteiger partial charge in [0.25, 0.3) is 0 Å². The molecule has 3 rings (SSSR count). The quantitative estimate of drug-likeness (QED) is 0.428. The van der Waals surface area contributed by atoms with Gasteiger partial charge in [-0.3, -0.25) is 4.98 Å². The van der Waals surface area contributed by atoms with Crippen molar-refractivity contribution in [2.75, 3.05) is 4.72 Å². The molecule has 3 aromatic rings. The second-order valence-corrected chi connectivity index (χ2v) is 8.20. The van der Waals surface area contributed by atoms with E-state index in [0.29, 0.717) is 5.92 Å². The van der Waals surface area contributed by atoms with Crippen LogP contribution in [0.3, 0.4) is 0 Å². The van der Waals surface area contributed by atoms with Gasteiger partial charge in [0.05, 0.1) is 9.90 Å². The number of hydrogen-bond acceptors (Lipinski definition) is 4. The summed E-state index contributed by atoms with van der Waals surface area (Å²) >= 11 is 3.42. The monoisotopic (exact) mass is 396 g/mol. The van der Waals surface area contributed by atoms with Crippen LogP contribution in [0.4, 0.5) is 5.69 Å². The van der Waals surface area contributed by atoms with E-state index in [1.54, 1.807) is 23.3 Å². The molecule has 0 amide bonds. The third-order valence-electron chi connectivity index (χ3n) is 3.91. The predicted molar refractivity (Wildman–Crippen MR) is 123 cm³/mol. The summed E-state index contributed by atoms with van der Waals surface area (Å²) in [7, 11) is 0. The second-order valence-electron chi connectivity index (χ2n) is 6.14. The van der Waals surface area contributed by atoms with Crippen LogP contribution in [0.5, 0.6) is 0 Å². The lowest BCUT2D eigenvalue weighted by atomic mass is 9.94. The molecule has 0 atom stereocenters. The number of pyridine rings is 1. The van der Waals surface area contributed by atoms with E-state index >= 15 is 0 Å². The lowest BCUT2D eigenvalue weighted by molar-refractivity contribution is 0.867. The summed E-state index contributed by atoms with van der Waals surface area (Å²) in [4.78, 5) is 4.46. The van der Waals surface area contributed by atoms with Crippen molar-refractivity contribution >= 4 is 40.6 Å². The largest absolute Gasteiger partial charge is 0.325 e. The standard InChI is InChI=1S/C21H22N2S2.C2H6/c1-15(2)21-17(14-16(3)18-9-4-5-12-22-18)8-6-10-19(21)23-25-20-11-7-13-24-20;1-2/h4-15,23H,1-3H3;1-2H3/b16-14+;. The third-order valence-corrected chi connectivity index (χ3v) is 5.77. The summed E-state index contributed by atoms with van der Waals surface area (Å²) in [5, 5.41) is 2.10. The van der Waals surface area contributed by atoms with Gasteiger partial charge in [-0.2, -0.15) is 0 Å². The van der Waals surface area contributed by atoms with Crippen LogP contribution in [0, 0.1) is 0 Å². The third kappa shape index (κ3) is 5.98. The molecule has 2 aromatic heterocycles. The average molecular weight is 397 g/mol. The lowest BCUT2D eigenvalue weighted by Crippen LogP contribution is -1.99. The molecule has 142 valence electrons. The number of anilines is 1. The molecule has 0 unspecified atom stereocenters. The van der Waals surface area contributed by atoms with E-state index < -0.39 is 0 Å². The fraction of sp³-hybridized carbons (Fsp3) is 0.261. The number of thiophene rings is 1. The summed E-state index contributed by atoms with van der Waals surface area (Å²) in [5.41, 5.74) is 5.95. The topological polar surface area (TPSA) is 24.9 Å². The maximum atomic E-state index is 4.46. The number of nitrogens with one attached hydrogen (secondary N) is 1. The number of hydrogen-bond donors (Lipinski definition) is 1. The van der Waals surface area contributed by atoms with Crippen molar-refractivity contribution in [2.24, 2.45) is 0 Å². The van der Waals surface area contributed by atoms with Crippen molar-refractivity contribution in [3.63, 3.8) is 0 Å². The minimum atomic E-state index is 0.426. The van der Waals surface area contributed by atoms with Crippen LogP contribution in [0.1, 0.15) is 57.4 Å². The normalized spacial score (nSPS) is 11.1. The minimum absolute atomic E-state index is 0.426. The second kappa shape index (κ2) is 11.0. The Morgan fingerprint density at radius 3 is 2.52 bits per heavy atom. The summed E-state index contributed by atoms with van der Waals surface area (Å²) in [5.74, 6) is 0.426. The van der Waals surface area contributed by atoms with Gasteiger partial charge in [-0.15, -0.1) is 11.3 Å². The summed E-state index contributed by atoms with van der Waals surface area (Å²) in [6.07, 6.45) is 4.07. The Morgan fingerprint density at radius 1 is 1.07 bits per heavy atom. The minimum Gasteiger partial charge on any atom is -0.325 e. The van der Waals surface area contributed by atoms with E-state index in [0.717, 1.165) is 5.69 Å². The van der Waals surface area contributed by atoms with Crippen LogP contribution in [0.15, 0.2) is 64.3 Å². The molecular formula is C23H28N2S2. The van der Waals surface area contributed by atoms with Gasteiger partial charge in [0.2, 0.25) is 0 Å². The van der Waals surface area contributed by atoms with Crippen molar-refractivity contribution in [1.29, 1.82) is 0 Å². The maximum Gasteiger partial charge on any atom is 0.0807 e. The summed E-state index contributed by atoms with van der Waals surface area (Å²) < 4.78 is 4.80. The molecule has 1 N–H and O–H groups in total. The summed E-state index contributed by atoms with van der Waals surface area (Å²) in [6.45, 7) is 10.6. The molecule has 0 saturated carbocycles. The Bertz CT molecular complexity index is 838. The van der Waals surface area contributed by atoms with E-state index in [4.69, 9.17) is 0 Å². The van der Waals surface area contributed by atoms with Crippen LogP contribution < -0.4 is 4.72 Å². The first-order valence-electron chi connectivity index (χ1n) is 9.34. The van der Waals surface area contributed by atoms with E-state index in [1.165, 1.54) is 26.6 Å². The van der Waals surface area contributed by atoms with Crippen LogP contribution in [0.2, 0.25) is 0 Å². The highest BCUT2D eigenvalue weighted by atomic mass is 32.2. The van der Waals surface area contributed by atoms with E-state index in [9.17, 15) is 0 Å². The fourth-order valence-electron chi connectivity index (χ4n) is 2.77. The van der Waals surface area contributed by atoms with Crippen LogP contribution in [0.25, 0.3) is 11.6 Å². The fourth-order valence-corrected chi connectivity index (χ4v) is 4.24. The molecule has 0 fully saturated rings. The van der Waals surface area contributed by atoms with E-state index in [-0.39, 0.29) is 0 Å². The van der Waals surface area contributed by atoms with E-state index in [2.05, 4.69) is 78.3 Å². The molecule has 2 nitrogen and oxygen atoms in total. The van der Waals surface area contributed by atoms with Gasteiger partial charge in [-0.1, -0.05) is 52.0 Å². The van der Waals surface area contributed by atoms with Gasteiger partial charge in [0.15, 0.2) is 0 Å². The van der Waals surface area contributed by atoms with Crippen LogP contribution in [-0.2, 0) is 0 Å². The van der Waals surface area contributed by atoms with Gasteiger partial charge in [0.1, 0.15) is 0 Å². The van der Waals surface area contributed by atoms with Gasteiger partial charge in [0, 0.05) is 11.9 Å². The molecule has 2 heterocycles. The van der Waals surface area contributed by atoms with Crippen molar-refractivity contribution in [3.8, 4) is 0 Å². The molecule has 1 aromatic carbocycles. The highest BCUT2D eigenvalue weighted by Gasteiger charge is 2.12. The van der Waals surface area contributed by atoms with Gasteiger partial charge < -0.3 is 4.72 Å². The van der Waals surface area contributed by atoms with E-state index in [1.807, 2.05) is 32.2 Å². The van der Waals surface area contributed by atoms with Gasteiger partial charge in [-0.05, 0) is 77.2 Å². The number of aromatic nitrogens is 1. The number of nitrogens with zero attached hydrogens (tertiary/aromatic N) is 1. The Morgan fingerprint density at radius 2 is 1.89 bits per heavy atom. The van der Waals surface area contributed by atoms with Crippen molar-refractivity contribution in [2.45, 2.75) is 44.7 Å². The molecule has 4 heteroatoms. The summed E-state index contributed by atoms with van der Waals surface area (Å²) in [6, 6.07) is 16.7.